The lowest BCUT2D eigenvalue weighted by Crippen LogP contribution is -2.32. The minimum Gasteiger partial charge on any atom is -0.497 e. The third-order valence-electron chi connectivity index (χ3n) is 5.79. The number of Topliss-reactive ketones (excluding diaryl/α,β-unsaturated/α-hetero) is 1. The second kappa shape index (κ2) is 8.03. The molecule has 2 aliphatic rings. The molecule has 0 unspecified atom stereocenters. The van der Waals surface area contributed by atoms with Crippen LogP contribution in [0.25, 0.3) is 0 Å². The third-order valence-corrected chi connectivity index (χ3v) is 5.79. The van der Waals surface area contributed by atoms with E-state index in [2.05, 4.69) is 31.2 Å². The molecule has 1 aromatic carbocycles. The Balaban J connectivity index is 2.02. The number of ether oxygens (including phenoxy) is 1. The molecule has 0 aromatic heterocycles. The monoisotopic (exact) mass is 338 g/mol. The van der Waals surface area contributed by atoms with Crippen molar-refractivity contribution in [2.45, 2.75) is 64.2 Å². The van der Waals surface area contributed by atoms with Gasteiger partial charge >= 0.3 is 0 Å². The maximum Gasteiger partial charge on any atom is 0.169 e. The normalized spacial score (nSPS) is 28.2. The molecule has 0 amide bonds. The van der Waals surface area contributed by atoms with Crippen LogP contribution in [0.5, 0.6) is 0 Å². The van der Waals surface area contributed by atoms with E-state index in [4.69, 9.17) is 4.74 Å². The first kappa shape index (κ1) is 18.0. The van der Waals surface area contributed by atoms with Gasteiger partial charge in [-0.2, -0.15) is 0 Å². The van der Waals surface area contributed by atoms with Crippen LogP contribution in [-0.4, -0.2) is 12.9 Å². The Morgan fingerprint density at radius 1 is 1.00 bits per heavy atom. The summed E-state index contributed by atoms with van der Waals surface area (Å²) in [7, 11) is 1.71. The fraction of sp³-hybridized carbons (Fsp3) is 0.522. The summed E-state index contributed by atoms with van der Waals surface area (Å²) in [6.45, 7) is 2.09. The SMILES string of the molecule is COC1=C[C@]2(C)CCCCCCCC[C@H](c3ccccc3)C(=C1)C2=O. The number of carbonyl (C=O) groups excluding carboxylic acids is 1. The molecule has 0 heterocycles. The number of benzene rings is 1. The van der Waals surface area contributed by atoms with Gasteiger partial charge in [-0.25, -0.2) is 0 Å². The highest BCUT2D eigenvalue weighted by molar-refractivity contribution is 6.03. The van der Waals surface area contributed by atoms with Crippen molar-refractivity contribution in [3.8, 4) is 0 Å². The molecule has 0 aliphatic heterocycles. The Kier molecular flexibility index (Phi) is 5.78. The zero-order valence-corrected chi connectivity index (χ0v) is 15.6. The van der Waals surface area contributed by atoms with E-state index in [0.29, 0.717) is 5.78 Å². The average Bonchev–Trinajstić information content (AvgIpc) is 2.63. The van der Waals surface area contributed by atoms with E-state index in [1.54, 1.807) is 7.11 Å². The van der Waals surface area contributed by atoms with Gasteiger partial charge in [-0.15, -0.1) is 0 Å². The Hall–Kier alpha value is -1.83. The van der Waals surface area contributed by atoms with Gasteiger partial charge in [0.15, 0.2) is 5.78 Å². The number of allylic oxidation sites excluding steroid dienone is 3. The fourth-order valence-electron chi connectivity index (χ4n) is 4.27. The molecule has 0 N–H and O–H groups in total. The Morgan fingerprint density at radius 2 is 1.68 bits per heavy atom. The van der Waals surface area contributed by atoms with Crippen molar-refractivity contribution in [1.82, 2.24) is 0 Å². The van der Waals surface area contributed by atoms with Gasteiger partial charge in [0.1, 0.15) is 5.76 Å². The van der Waals surface area contributed by atoms with Crippen LogP contribution in [0.15, 0.2) is 53.8 Å². The van der Waals surface area contributed by atoms with Crippen LogP contribution in [0.2, 0.25) is 0 Å². The van der Waals surface area contributed by atoms with Gasteiger partial charge in [-0.05, 0) is 37.5 Å². The van der Waals surface area contributed by atoms with E-state index in [-0.39, 0.29) is 5.92 Å². The number of methoxy groups -OCH3 is 1. The third kappa shape index (κ3) is 4.05. The van der Waals surface area contributed by atoms with Gasteiger partial charge in [0.25, 0.3) is 0 Å². The smallest absolute Gasteiger partial charge is 0.169 e. The second-order valence-electron chi connectivity index (χ2n) is 7.72. The molecule has 2 bridgehead atoms. The zero-order valence-electron chi connectivity index (χ0n) is 15.6. The molecule has 134 valence electrons. The van der Waals surface area contributed by atoms with Gasteiger partial charge in [-0.3, -0.25) is 4.79 Å². The van der Waals surface area contributed by atoms with E-state index in [1.807, 2.05) is 18.2 Å². The summed E-state index contributed by atoms with van der Waals surface area (Å²) in [5.74, 6) is 1.31. The number of hydrogen-bond donors (Lipinski definition) is 0. The Morgan fingerprint density at radius 3 is 2.40 bits per heavy atom. The molecular weight excluding hydrogens is 308 g/mol. The van der Waals surface area contributed by atoms with Crippen molar-refractivity contribution in [2.24, 2.45) is 5.41 Å². The maximum atomic E-state index is 13.4. The molecule has 1 aromatic rings. The molecule has 1 fully saturated rings. The average molecular weight is 338 g/mol. The van der Waals surface area contributed by atoms with Crippen LogP contribution >= 0.6 is 0 Å². The van der Waals surface area contributed by atoms with E-state index < -0.39 is 5.41 Å². The first-order valence-electron chi connectivity index (χ1n) is 9.72. The first-order chi connectivity index (χ1) is 12.1. The van der Waals surface area contributed by atoms with Gasteiger partial charge in [0, 0.05) is 11.5 Å². The molecule has 0 radical (unpaired) electrons. The quantitative estimate of drug-likeness (QED) is 0.666. The van der Waals surface area contributed by atoms with Crippen LogP contribution in [-0.2, 0) is 9.53 Å². The summed E-state index contributed by atoms with van der Waals surface area (Å²) in [6, 6.07) is 10.5. The topological polar surface area (TPSA) is 26.3 Å². The summed E-state index contributed by atoms with van der Waals surface area (Å²) in [6.07, 6.45) is 13.3. The van der Waals surface area contributed by atoms with E-state index in [1.165, 1.54) is 37.7 Å². The number of fused-ring (bicyclic) bond motifs is 2. The maximum absolute atomic E-state index is 13.4. The molecular formula is C23H30O2. The Labute approximate surface area is 152 Å². The van der Waals surface area contributed by atoms with Crippen molar-refractivity contribution < 1.29 is 9.53 Å². The predicted octanol–water partition coefficient (Wildman–Crippen LogP) is 5.95. The summed E-state index contributed by atoms with van der Waals surface area (Å²) in [5.41, 5.74) is 1.76. The second-order valence-corrected chi connectivity index (χ2v) is 7.72. The van der Waals surface area contributed by atoms with Gasteiger partial charge in [-0.1, -0.05) is 68.9 Å². The molecule has 0 saturated heterocycles. The van der Waals surface area contributed by atoms with Crippen LogP contribution in [0.3, 0.4) is 0 Å². The fourth-order valence-corrected chi connectivity index (χ4v) is 4.27. The highest BCUT2D eigenvalue weighted by atomic mass is 16.5. The van der Waals surface area contributed by atoms with Crippen molar-refractivity contribution >= 4 is 5.78 Å². The molecule has 2 nitrogen and oxygen atoms in total. The molecule has 2 atom stereocenters. The minimum absolute atomic E-state index is 0.173. The summed E-state index contributed by atoms with van der Waals surface area (Å²) in [5, 5.41) is 0. The molecule has 1 saturated carbocycles. The van der Waals surface area contributed by atoms with Crippen molar-refractivity contribution in [1.29, 1.82) is 0 Å². The lowest BCUT2D eigenvalue weighted by molar-refractivity contribution is -0.122. The Bertz CT molecular complexity index is 656. The predicted molar refractivity (Wildman–Crippen MR) is 102 cm³/mol. The van der Waals surface area contributed by atoms with E-state index in [9.17, 15) is 4.79 Å². The molecule has 3 rings (SSSR count). The minimum atomic E-state index is -0.429. The standard InChI is InChI=1S/C23H30O2/c1-23-15-11-6-4-3-5-10-14-20(18-12-8-7-9-13-18)21(22(23)24)16-19(17-23)25-2/h7-9,12-13,16-17,20H,3-6,10-11,14-15H2,1-2H3/t20-,23+/m1/s1. The lowest BCUT2D eigenvalue weighted by Gasteiger charge is -2.33. The molecule has 2 heteroatoms. The van der Waals surface area contributed by atoms with Gasteiger partial charge in [0.2, 0.25) is 0 Å². The van der Waals surface area contributed by atoms with Crippen molar-refractivity contribution in [3.05, 3.63) is 59.4 Å². The van der Waals surface area contributed by atoms with Crippen molar-refractivity contribution in [2.75, 3.05) is 7.11 Å². The van der Waals surface area contributed by atoms with E-state index in [0.717, 1.165) is 30.6 Å². The van der Waals surface area contributed by atoms with Crippen LogP contribution < -0.4 is 0 Å². The molecule has 25 heavy (non-hydrogen) atoms. The summed E-state index contributed by atoms with van der Waals surface area (Å²) >= 11 is 0. The first-order valence-corrected chi connectivity index (χ1v) is 9.72. The lowest BCUT2D eigenvalue weighted by atomic mass is 9.69. The number of carbonyl (C=O) groups is 1. The molecule has 2 aliphatic carbocycles. The number of ketones is 1. The summed E-state index contributed by atoms with van der Waals surface area (Å²) < 4.78 is 5.58. The zero-order chi connectivity index (χ0) is 17.7. The van der Waals surface area contributed by atoms with Crippen molar-refractivity contribution in [3.63, 3.8) is 0 Å². The van der Waals surface area contributed by atoms with Crippen LogP contribution in [0, 0.1) is 5.41 Å². The van der Waals surface area contributed by atoms with Gasteiger partial charge in [0.05, 0.1) is 12.5 Å². The highest BCUT2D eigenvalue weighted by Gasteiger charge is 2.39. The summed E-state index contributed by atoms with van der Waals surface area (Å²) in [4.78, 5) is 13.4. The number of rotatable bonds is 2. The largest absolute Gasteiger partial charge is 0.497 e. The highest BCUT2D eigenvalue weighted by Crippen LogP contribution is 2.42. The van der Waals surface area contributed by atoms with Gasteiger partial charge < -0.3 is 4.74 Å². The number of hydrogen-bond acceptors (Lipinski definition) is 2. The van der Waals surface area contributed by atoms with E-state index >= 15 is 0 Å². The van der Waals surface area contributed by atoms with Crippen LogP contribution in [0.4, 0.5) is 0 Å². The van der Waals surface area contributed by atoms with Crippen LogP contribution in [0.1, 0.15) is 69.8 Å². The molecule has 0 spiro atoms.